The summed E-state index contributed by atoms with van der Waals surface area (Å²) in [5.74, 6) is -1.78. The van der Waals surface area contributed by atoms with Crippen molar-refractivity contribution in [2.75, 3.05) is 26.4 Å². The number of hydrogen-bond donors (Lipinski definition) is 14. The molecule has 9 fully saturated rings. The Morgan fingerprint density at radius 1 is 0.609 bits per heavy atom. The molecule has 0 aromatic heterocycles. The molecule has 27 nitrogen and oxygen atoms in total. The molecule has 0 aromatic carbocycles. The number of rotatable bonds is 14. The van der Waals surface area contributed by atoms with Crippen LogP contribution in [0.15, 0.2) is 23.8 Å². The lowest BCUT2D eigenvalue weighted by atomic mass is 9.34. The minimum atomic E-state index is -1.93. The zero-order valence-electron chi connectivity index (χ0n) is 50.4. The number of carbonyl (C=O) groups is 2. The largest absolute Gasteiger partial charge is 0.463 e. The van der Waals surface area contributed by atoms with Crippen LogP contribution in [0.25, 0.3) is 0 Å². The van der Waals surface area contributed by atoms with E-state index in [0.717, 1.165) is 24.5 Å². The van der Waals surface area contributed by atoms with Gasteiger partial charge < -0.3 is 124 Å². The van der Waals surface area contributed by atoms with Gasteiger partial charge in [0.15, 0.2) is 25.2 Å². The molecule has 14 N–H and O–H groups in total. The second-order valence-corrected chi connectivity index (χ2v) is 27.7. The molecule has 10 rings (SSSR count). The Morgan fingerprint density at radius 3 is 1.84 bits per heavy atom. The van der Waals surface area contributed by atoms with Crippen LogP contribution in [-0.2, 0) is 61.7 Å². The van der Waals surface area contributed by atoms with Crippen molar-refractivity contribution in [3.63, 3.8) is 0 Å². The molecule has 5 aliphatic carbocycles. The van der Waals surface area contributed by atoms with Crippen molar-refractivity contribution in [1.82, 2.24) is 0 Å². The molecule has 4 saturated carbocycles. The van der Waals surface area contributed by atoms with E-state index in [1.807, 2.05) is 6.92 Å². The summed E-state index contributed by atoms with van der Waals surface area (Å²) in [6, 6.07) is 0. The van der Waals surface area contributed by atoms with E-state index >= 15 is 4.79 Å². The second-order valence-electron chi connectivity index (χ2n) is 27.7. The lowest BCUT2D eigenvalue weighted by Crippen LogP contribution is -2.67. The number of carbonyl (C=O) groups excluding carboxylic acids is 2. The molecule has 0 bridgehead atoms. The average molecular weight is 1250 g/mol. The van der Waals surface area contributed by atoms with Crippen molar-refractivity contribution in [2.24, 2.45) is 44.8 Å². The summed E-state index contributed by atoms with van der Waals surface area (Å²) in [5.41, 5.74) is -1.00. The van der Waals surface area contributed by atoms with Crippen LogP contribution >= 0.6 is 0 Å². The molecule has 0 unspecified atom stereocenters. The molecule has 5 saturated heterocycles. The Kier molecular flexibility index (Phi) is 19.7. The Morgan fingerprint density at radius 2 is 1.21 bits per heavy atom. The molecule has 496 valence electrons. The lowest BCUT2D eigenvalue weighted by Gasteiger charge is -2.71. The molecule has 5 aliphatic heterocycles. The van der Waals surface area contributed by atoms with Gasteiger partial charge >= 0.3 is 11.9 Å². The topological polar surface area (TPSA) is 419 Å². The van der Waals surface area contributed by atoms with Crippen molar-refractivity contribution in [3.05, 3.63) is 23.8 Å². The predicted molar refractivity (Wildman–Crippen MR) is 293 cm³/mol. The third-order valence-electron chi connectivity index (χ3n) is 22.9. The third-order valence-corrected chi connectivity index (χ3v) is 22.9. The van der Waals surface area contributed by atoms with Crippen molar-refractivity contribution in [1.29, 1.82) is 0 Å². The number of ether oxygens (including phenoxy) is 11. The molecule has 33 atom stereocenters. The number of aliphatic hydroxyl groups excluding tert-OH is 14. The predicted octanol–water partition coefficient (Wildman–Crippen LogP) is -2.44. The number of hydrogen-bond acceptors (Lipinski definition) is 27. The summed E-state index contributed by atoms with van der Waals surface area (Å²) in [7, 11) is 0. The molecule has 5 heterocycles. The third kappa shape index (κ3) is 11.6. The summed E-state index contributed by atoms with van der Waals surface area (Å²) >= 11 is 0. The monoisotopic (exact) mass is 1250 g/mol. The van der Waals surface area contributed by atoms with E-state index < -0.39 is 195 Å². The van der Waals surface area contributed by atoms with Crippen LogP contribution in [0.5, 0.6) is 0 Å². The Hall–Kier alpha value is -2.50. The Balaban J connectivity index is 0.829. The van der Waals surface area contributed by atoms with Crippen molar-refractivity contribution < 1.29 is 133 Å². The summed E-state index contributed by atoms with van der Waals surface area (Å²) in [6.45, 7) is 15.5. The zero-order chi connectivity index (χ0) is 63.4. The van der Waals surface area contributed by atoms with E-state index in [1.165, 1.54) is 13.8 Å². The SMILES string of the molecule is C=C1CC[C@]2(C(=O)O[C@@H]3O[C@H](CO[C@@H]4O[C@H](COC(C)=O)[C@@H](O[C@@H]5O[C@@H](C)[C@H](O)[C@@H](O)[C@H]5O)[C@H](O)[C@H]4O)[C@@H](O)[C@H](O)[C@H]3O)CC[C@]3(C)C(=CC[C@@H]4[C@@]5(C)CC[C@H](O[C@@H]6OC[C@H](O)[C@H](O)[C@H]6O[C@@H]6O[C@@H](C)[C@H](O)[C@@H](O)[C@H]6O)[C@@](C)(CO)[C@@H]5CC[C@]43C)[C@@H]2C1. The highest BCUT2D eigenvalue weighted by Gasteiger charge is 2.70. The first-order valence-corrected chi connectivity index (χ1v) is 30.9. The van der Waals surface area contributed by atoms with Crippen LogP contribution in [0.2, 0.25) is 0 Å². The van der Waals surface area contributed by atoms with Crippen LogP contribution in [0.4, 0.5) is 0 Å². The van der Waals surface area contributed by atoms with Crippen LogP contribution in [-0.4, -0.2) is 263 Å². The molecule has 27 heteroatoms. The molecule has 0 aromatic rings. The van der Waals surface area contributed by atoms with E-state index in [4.69, 9.17) is 52.1 Å². The maximum absolute atomic E-state index is 15.2. The highest BCUT2D eigenvalue weighted by atomic mass is 16.8. The lowest BCUT2D eigenvalue weighted by molar-refractivity contribution is -0.365. The van der Waals surface area contributed by atoms with E-state index in [0.29, 0.717) is 57.8 Å². The van der Waals surface area contributed by atoms with Gasteiger partial charge in [-0.05, 0) is 106 Å². The highest BCUT2D eigenvalue weighted by molar-refractivity contribution is 5.79. The average Bonchev–Trinajstić information content (AvgIpc) is 0.682. The van der Waals surface area contributed by atoms with Crippen LogP contribution in [0, 0.1) is 44.8 Å². The van der Waals surface area contributed by atoms with E-state index in [9.17, 15) is 76.3 Å². The smallest absolute Gasteiger partial charge is 0.315 e. The molecule has 87 heavy (non-hydrogen) atoms. The first-order chi connectivity index (χ1) is 40.9. The zero-order valence-corrected chi connectivity index (χ0v) is 50.4. The maximum Gasteiger partial charge on any atom is 0.315 e. The fraction of sp³-hybridized carbons (Fsp3) is 0.900. The number of fused-ring (bicyclic) bond motifs is 7. The van der Waals surface area contributed by atoms with Crippen LogP contribution in [0.3, 0.4) is 0 Å². The highest BCUT2D eigenvalue weighted by Crippen LogP contribution is 2.75. The Bertz CT molecular complexity index is 2490. The van der Waals surface area contributed by atoms with Crippen molar-refractivity contribution >= 4 is 11.9 Å². The summed E-state index contributed by atoms with van der Waals surface area (Å²) in [4.78, 5) is 27.1. The Labute approximate surface area is 505 Å². The van der Waals surface area contributed by atoms with E-state index in [2.05, 4.69) is 33.4 Å². The van der Waals surface area contributed by atoms with E-state index in [1.54, 1.807) is 0 Å². The number of allylic oxidation sites excluding steroid dienone is 3. The maximum atomic E-state index is 15.2. The minimum absolute atomic E-state index is 0.0831. The van der Waals surface area contributed by atoms with Gasteiger partial charge in [-0.2, -0.15) is 0 Å². The van der Waals surface area contributed by atoms with Crippen molar-refractivity contribution in [2.45, 2.75) is 266 Å². The summed E-state index contributed by atoms with van der Waals surface area (Å²) in [5, 5.41) is 153. The quantitative estimate of drug-likeness (QED) is 0.0488. The van der Waals surface area contributed by atoms with Gasteiger partial charge in [-0.3, -0.25) is 9.59 Å². The van der Waals surface area contributed by atoms with Crippen LogP contribution < -0.4 is 0 Å². The van der Waals surface area contributed by atoms with E-state index in [-0.39, 0.29) is 41.8 Å². The van der Waals surface area contributed by atoms with Gasteiger partial charge in [-0.1, -0.05) is 51.5 Å². The van der Waals surface area contributed by atoms with Gasteiger partial charge in [0.25, 0.3) is 0 Å². The summed E-state index contributed by atoms with van der Waals surface area (Å²) in [6.07, 6.45) is -30.8. The minimum Gasteiger partial charge on any atom is -0.463 e. The van der Waals surface area contributed by atoms with Gasteiger partial charge in [0.05, 0.1) is 43.5 Å². The first kappa shape index (κ1) is 67.4. The van der Waals surface area contributed by atoms with Crippen molar-refractivity contribution in [3.8, 4) is 0 Å². The molecular formula is C60H94O27. The van der Waals surface area contributed by atoms with Gasteiger partial charge in [0.2, 0.25) is 6.29 Å². The number of esters is 2. The molecule has 0 amide bonds. The number of aliphatic hydroxyl groups is 14. The molecule has 10 aliphatic rings. The van der Waals surface area contributed by atoms with Gasteiger partial charge in [0, 0.05) is 18.3 Å². The first-order valence-electron chi connectivity index (χ1n) is 30.9. The van der Waals surface area contributed by atoms with Crippen LogP contribution in [0.1, 0.15) is 113 Å². The fourth-order valence-electron chi connectivity index (χ4n) is 17.3. The second kappa shape index (κ2) is 25.4. The standard InChI is InChI=1S/C60H94O27/c1-24-11-16-60(55(76)87-53-46(74)42(70)39(67)31(82-53)21-79-50-47(75)43(71)48(32(83-50)22-77-27(4)62)85-51-44(72)40(68)36(64)25(2)80-51)18-17-58(7)28(29(60)19-24)9-10-34-56(5)14-13-35(57(6,23-61)33(56)12-15-59(34,58)8)84-54-49(38(66)30(63)20-78-54)86-52-45(73)41(69)37(65)26(3)81-52/h9,25-26,29-54,61,63-75H,1,10-23H2,2-8H3/t25-,26-,29-,30-,31+,32+,33+,34+,35-,36-,37-,38-,39+,40+,41+,42-,43+,44+,45+,46+,47+,48+,49+,50+,51-,52-,53-,54-,56-,57-,58+,59+,60-/m0/s1. The van der Waals surface area contributed by atoms with Gasteiger partial charge in [0.1, 0.15) is 110 Å². The van der Waals surface area contributed by atoms with Gasteiger partial charge in [-0.15, -0.1) is 0 Å². The normalized spacial score (nSPS) is 53.6. The van der Waals surface area contributed by atoms with Gasteiger partial charge in [-0.25, -0.2) is 0 Å². The fourth-order valence-corrected chi connectivity index (χ4v) is 17.3. The molecular weight excluding hydrogens is 1150 g/mol. The molecule has 0 spiro atoms. The molecule has 0 radical (unpaired) electrons. The summed E-state index contributed by atoms with van der Waals surface area (Å²) < 4.78 is 64.9.